The molecule has 156 valence electrons. The van der Waals surface area contributed by atoms with Gasteiger partial charge in [0.25, 0.3) is 6.01 Å². The van der Waals surface area contributed by atoms with Crippen LogP contribution in [0.3, 0.4) is 0 Å². The van der Waals surface area contributed by atoms with Gasteiger partial charge in [-0.15, -0.1) is 0 Å². The van der Waals surface area contributed by atoms with Crippen molar-refractivity contribution in [3.05, 3.63) is 35.4 Å². The average Bonchev–Trinajstić information content (AvgIpc) is 2.98. The highest BCUT2D eigenvalue weighted by molar-refractivity contribution is 7.51. The van der Waals surface area contributed by atoms with E-state index in [2.05, 4.69) is 19.5 Å². The first-order chi connectivity index (χ1) is 13.8. The largest absolute Gasteiger partial charge is 0.480 e. The van der Waals surface area contributed by atoms with Crippen molar-refractivity contribution in [3.8, 4) is 12.0 Å². The second-order valence-corrected chi connectivity index (χ2v) is 8.31. The van der Waals surface area contributed by atoms with Gasteiger partial charge in [0, 0.05) is 7.11 Å². The zero-order chi connectivity index (χ0) is 21.0. The molecule has 12 heteroatoms. The van der Waals surface area contributed by atoms with Crippen molar-refractivity contribution in [1.29, 1.82) is 0 Å². The van der Waals surface area contributed by atoms with Crippen LogP contribution in [0, 0.1) is 0 Å². The number of aromatic hydroxyl groups is 1. The number of fused-ring (bicyclic) bond motifs is 1. The van der Waals surface area contributed by atoms with Crippen molar-refractivity contribution in [2.45, 2.75) is 19.1 Å². The van der Waals surface area contributed by atoms with E-state index in [1.807, 2.05) is 6.07 Å². The van der Waals surface area contributed by atoms with Crippen LogP contribution in [0.15, 0.2) is 24.3 Å². The van der Waals surface area contributed by atoms with Gasteiger partial charge < -0.3 is 30.7 Å². The number of benzene rings is 1. The van der Waals surface area contributed by atoms with Crippen LogP contribution < -0.4 is 16.2 Å². The molecule has 0 aliphatic carbocycles. The molecule has 0 fully saturated rings. The van der Waals surface area contributed by atoms with Gasteiger partial charge in [-0.3, -0.25) is 9.13 Å². The lowest BCUT2D eigenvalue weighted by molar-refractivity contribution is 0.290. The van der Waals surface area contributed by atoms with Crippen molar-refractivity contribution < 1.29 is 23.8 Å². The van der Waals surface area contributed by atoms with Gasteiger partial charge in [-0.1, -0.05) is 24.3 Å². The maximum atomic E-state index is 11.8. The lowest BCUT2D eigenvalue weighted by atomic mass is 10.1. The number of ether oxygens (including phenoxy) is 1. The molecule has 3 rings (SSSR count). The summed E-state index contributed by atoms with van der Waals surface area (Å²) in [6, 6.07) is 6.82. The molecule has 1 aromatic carbocycles. The second-order valence-electron chi connectivity index (χ2n) is 6.35. The normalized spacial score (nSPS) is 13.5. The quantitative estimate of drug-likeness (QED) is 0.290. The summed E-state index contributed by atoms with van der Waals surface area (Å²) < 4.78 is 23.4. The number of aromatic nitrogens is 4. The molecule has 0 aliphatic heterocycles. The molecule has 0 aliphatic rings. The molecule has 0 spiro atoms. The average molecular weight is 422 g/mol. The molecule has 1 unspecified atom stereocenters. The first-order valence-electron chi connectivity index (χ1n) is 8.84. The monoisotopic (exact) mass is 422 g/mol. The molecule has 2 aromatic heterocycles. The minimum atomic E-state index is -3.69. The summed E-state index contributed by atoms with van der Waals surface area (Å²) in [5.74, 6) is 0.0851. The Bertz CT molecular complexity index is 1060. The molecule has 0 saturated heterocycles. The molecule has 0 bridgehead atoms. The van der Waals surface area contributed by atoms with Crippen molar-refractivity contribution >= 4 is 24.6 Å². The number of nitrogens with zero attached hydrogens (tertiary/aromatic N) is 4. The van der Waals surface area contributed by atoms with Gasteiger partial charge in [0.2, 0.25) is 0 Å². The van der Waals surface area contributed by atoms with E-state index in [-0.39, 0.29) is 36.1 Å². The van der Waals surface area contributed by atoms with Gasteiger partial charge in [-0.05, 0) is 24.1 Å². The zero-order valence-corrected chi connectivity index (χ0v) is 16.7. The van der Waals surface area contributed by atoms with Gasteiger partial charge in [0.15, 0.2) is 17.0 Å². The van der Waals surface area contributed by atoms with Crippen LogP contribution in [-0.4, -0.2) is 49.8 Å². The minimum absolute atomic E-state index is 0.0691. The van der Waals surface area contributed by atoms with Crippen molar-refractivity contribution in [2.75, 3.05) is 26.0 Å². The summed E-state index contributed by atoms with van der Waals surface area (Å²) in [5.41, 5.74) is 13.3. The molecule has 0 amide bonds. The Morgan fingerprint density at radius 1 is 1.24 bits per heavy atom. The summed E-state index contributed by atoms with van der Waals surface area (Å²) >= 11 is 0. The Labute approximate surface area is 166 Å². The fraction of sp³-hybridized carbons (Fsp3) is 0.353. The van der Waals surface area contributed by atoms with Gasteiger partial charge in [0.1, 0.15) is 0 Å². The highest BCUT2D eigenvalue weighted by Gasteiger charge is 2.19. The summed E-state index contributed by atoms with van der Waals surface area (Å²) in [6.45, 7) is 1.01. The third-order valence-electron chi connectivity index (χ3n) is 4.16. The van der Waals surface area contributed by atoms with E-state index >= 15 is 0 Å². The van der Waals surface area contributed by atoms with Crippen LogP contribution in [0.1, 0.15) is 17.5 Å². The first kappa shape index (κ1) is 21.0. The van der Waals surface area contributed by atoms with Crippen LogP contribution in [0.4, 0.5) is 5.82 Å². The van der Waals surface area contributed by atoms with Crippen LogP contribution >= 0.6 is 7.60 Å². The maximum absolute atomic E-state index is 11.8. The predicted molar refractivity (Wildman–Crippen MR) is 107 cm³/mol. The molecule has 6 N–H and O–H groups in total. The standard InChI is InChI=1S/C17H23N6O5P/c1-27-29(25,26)10-12-5-2-4-11(8-12)9-23-15-13(20-17(23)24)14(19)21-16(22-15)28-7-3-6-18/h2,4-5,8H,3,6-7,9-10,18H2,1H3,(H,20,24)(H,25,26)(H2,19,21,22). The molecule has 3 aromatic rings. The first-order valence-corrected chi connectivity index (χ1v) is 10.6. The fourth-order valence-electron chi connectivity index (χ4n) is 2.75. The third kappa shape index (κ3) is 5.01. The summed E-state index contributed by atoms with van der Waals surface area (Å²) in [5, 5.41) is 10.3. The number of nitrogens with two attached hydrogens (primary N) is 2. The van der Waals surface area contributed by atoms with Crippen LogP contribution in [0.2, 0.25) is 0 Å². The van der Waals surface area contributed by atoms with Crippen LogP contribution in [0.25, 0.3) is 11.2 Å². The van der Waals surface area contributed by atoms with E-state index < -0.39 is 7.60 Å². The lowest BCUT2D eigenvalue weighted by Crippen LogP contribution is -2.09. The Hall–Kier alpha value is -2.72. The minimum Gasteiger partial charge on any atom is -0.480 e. The summed E-state index contributed by atoms with van der Waals surface area (Å²) in [4.78, 5) is 22.1. The SMILES string of the molecule is COP(=O)(O)Cc1cccc(Cn2c(O)nc3c(N)nc(OCCCN)nc32)c1. The fourth-order valence-corrected chi connectivity index (χ4v) is 3.54. The van der Waals surface area contributed by atoms with E-state index in [4.69, 9.17) is 16.2 Å². The van der Waals surface area contributed by atoms with E-state index in [9.17, 15) is 14.6 Å². The van der Waals surface area contributed by atoms with Crippen LogP contribution in [-0.2, 0) is 21.8 Å². The molecular weight excluding hydrogens is 399 g/mol. The Morgan fingerprint density at radius 3 is 2.72 bits per heavy atom. The maximum Gasteiger partial charge on any atom is 0.332 e. The molecule has 0 saturated carbocycles. The molecule has 2 heterocycles. The number of imidazole rings is 1. The van der Waals surface area contributed by atoms with Gasteiger partial charge in [-0.2, -0.15) is 15.0 Å². The highest BCUT2D eigenvalue weighted by Crippen LogP contribution is 2.44. The highest BCUT2D eigenvalue weighted by atomic mass is 31.2. The topological polar surface area (TPSA) is 172 Å². The number of hydrogen-bond donors (Lipinski definition) is 4. The number of anilines is 1. The molecule has 1 atom stereocenters. The van der Waals surface area contributed by atoms with Crippen molar-refractivity contribution in [2.24, 2.45) is 5.73 Å². The second kappa shape index (κ2) is 8.75. The Balaban J connectivity index is 1.91. The van der Waals surface area contributed by atoms with Gasteiger partial charge in [0.05, 0.1) is 19.3 Å². The van der Waals surface area contributed by atoms with Gasteiger partial charge >= 0.3 is 13.6 Å². The smallest absolute Gasteiger partial charge is 0.332 e. The predicted octanol–water partition coefficient (Wildman–Crippen LogP) is 1.22. The van der Waals surface area contributed by atoms with Gasteiger partial charge in [-0.25, -0.2) is 0 Å². The van der Waals surface area contributed by atoms with Crippen molar-refractivity contribution in [1.82, 2.24) is 19.5 Å². The summed E-state index contributed by atoms with van der Waals surface area (Å²) in [6.07, 6.45) is 0.511. The number of hydrogen-bond acceptors (Lipinski definition) is 9. The molecular formula is C17H23N6O5P. The third-order valence-corrected chi connectivity index (χ3v) is 5.50. The van der Waals surface area contributed by atoms with E-state index in [1.165, 1.54) is 11.7 Å². The van der Waals surface area contributed by atoms with Crippen LogP contribution in [0.5, 0.6) is 12.0 Å². The summed E-state index contributed by atoms with van der Waals surface area (Å²) in [7, 11) is -2.50. The Morgan fingerprint density at radius 2 is 2.00 bits per heavy atom. The van der Waals surface area contributed by atoms with E-state index in [0.29, 0.717) is 30.8 Å². The molecule has 11 nitrogen and oxygen atoms in total. The van der Waals surface area contributed by atoms with E-state index in [1.54, 1.807) is 18.2 Å². The number of nitrogen functional groups attached to an aromatic ring is 1. The number of rotatable bonds is 9. The zero-order valence-electron chi connectivity index (χ0n) is 15.9. The molecule has 0 radical (unpaired) electrons. The lowest BCUT2D eigenvalue weighted by Gasteiger charge is -2.11. The molecule has 29 heavy (non-hydrogen) atoms. The van der Waals surface area contributed by atoms with Crippen molar-refractivity contribution in [3.63, 3.8) is 0 Å². The Kier molecular flexibility index (Phi) is 6.33. The van der Waals surface area contributed by atoms with E-state index in [0.717, 1.165) is 5.56 Å².